The van der Waals surface area contributed by atoms with Crippen LogP contribution in [0.3, 0.4) is 0 Å². The highest BCUT2D eigenvalue weighted by molar-refractivity contribution is 5.95. The number of methoxy groups -OCH3 is 1. The molecule has 1 fully saturated rings. The largest absolute Gasteiger partial charge is 0.495 e. The normalized spacial score (nSPS) is 14.5. The monoisotopic (exact) mass is 378 g/mol. The van der Waals surface area contributed by atoms with Crippen molar-refractivity contribution >= 4 is 17.2 Å². The Hall–Kier alpha value is -3.02. The van der Waals surface area contributed by atoms with Gasteiger partial charge in [-0.3, -0.25) is 9.20 Å². The van der Waals surface area contributed by atoms with Gasteiger partial charge in [-0.2, -0.15) is 0 Å². The predicted molar refractivity (Wildman–Crippen MR) is 110 cm³/mol. The minimum absolute atomic E-state index is 0.0645. The molecule has 0 bridgehead atoms. The van der Waals surface area contributed by atoms with Crippen LogP contribution in [0.4, 0.5) is 5.69 Å². The minimum Gasteiger partial charge on any atom is -0.495 e. The second kappa shape index (κ2) is 7.54. The first-order valence-electron chi connectivity index (χ1n) is 9.77. The van der Waals surface area contributed by atoms with E-state index in [2.05, 4.69) is 16.0 Å². The molecule has 2 aromatic heterocycles. The summed E-state index contributed by atoms with van der Waals surface area (Å²) in [6.45, 7) is 7.00. The van der Waals surface area contributed by atoms with Gasteiger partial charge in [-0.25, -0.2) is 4.98 Å². The van der Waals surface area contributed by atoms with E-state index in [4.69, 9.17) is 4.74 Å². The predicted octanol–water partition coefficient (Wildman–Crippen LogP) is 3.18. The van der Waals surface area contributed by atoms with E-state index in [1.807, 2.05) is 59.7 Å². The number of para-hydroxylation sites is 2. The van der Waals surface area contributed by atoms with E-state index in [1.54, 1.807) is 7.11 Å². The number of nitrogens with zero attached hydrogens (tertiary/aromatic N) is 4. The molecule has 1 aliphatic rings. The Morgan fingerprint density at radius 2 is 1.86 bits per heavy atom. The molecule has 6 nitrogen and oxygen atoms in total. The van der Waals surface area contributed by atoms with E-state index in [1.165, 1.54) is 0 Å². The molecule has 0 radical (unpaired) electrons. The Balaban J connectivity index is 1.56. The molecule has 1 amide bonds. The number of hydrogen-bond acceptors (Lipinski definition) is 4. The van der Waals surface area contributed by atoms with Crippen LogP contribution in [0.25, 0.3) is 5.65 Å². The van der Waals surface area contributed by atoms with Gasteiger partial charge in [-0.15, -0.1) is 0 Å². The zero-order valence-electron chi connectivity index (χ0n) is 16.7. The first-order chi connectivity index (χ1) is 13.6. The highest BCUT2D eigenvalue weighted by atomic mass is 16.5. The third kappa shape index (κ3) is 3.19. The summed E-state index contributed by atoms with van der Waals surface area (Å²) in [7, 11) is 1.69. The molecular weight excluding hydrogens is 352 g/mol. The Bertz CT molecular complexity index is 1000. The zero-order valence-corrected chi connectivity index (χ0v) is 16.7. The van der Waals surface area contributed by atoms with Gasteiger partial charge in [-0.1, -0.05) is 25.1 Å². The molecule has 146 valence electrons. The first-order valence-corrected chi connectivity index (χ1v) is 9.77. The maximum atomic E-state index is 13.4. The molecule has 4 rings (SSSR count). The third-order valence-corrected chi connectivity index (χ3v) is 5.37. The van der Waals surface area contributed by atoms with Crippen molar-refractivity contribution in [1.29, 1.82) is 0 Å². The number of benzene rings is 1. The summed E-state index contributed by atoms with van der Waals surface area (Å²) in [6.07, 6.45) is 2.74. The van der Waals surface area contributed by atoms with Crippen LogP contribution in [0.1, 0.15) is 28.7 Å². The molecule has 0 atom stereocenters. The molecule has 0 saturated carbocycles. The van der Waals surface area contributed by atoms with Crippen molar-refractivity contribution in [2.75, 3.05) is 38.2 Å². The number of carbonyl (C=O) groups excluding carboxylic acids is 1. The maximum Gasteiger partial charge on any atom is 0.272 e. The molecule has 0 unspecified atom stereocenters. The van der Waals surface area contributed by atoms with Crippen LogP contribution >= 0.6 is 0 Å². The average molecular weight is 378 g/mol. The van der Waals surface area contributed by atoms with Gasteiger partial charge in [0.25, 0.3) is 5.91 Å². The van der Waals surface area contributed by atoms with Crippen LogP contribution in [-0.4, -0.2) is 53.5 Å². The summed E-state index contributed by atoms with van der Waals surface area (Å²) < 4.78 is 7.44. The van der Waals surface area contributed by atoms with Gasteiger partial charge in [0.1, 0.15) is 17.1 Å². The number of amides is 1. The number of piperazine rings is 1. The van der Waals surface area contributed by atoms with Crippen molar-refractivity contribution in [2.24, 2.45) is 0 Å². The Morgan fingerprint density at radius 1 is 1.11 bits per heavy atom. The number of anilines is 1. The quantitative estimate of drug-likeness (QED) is 0.700. The van der Waals surface area contributed by atoms with E-state index in [0.717, 1.165) is 47.9 Å². The second-order valence-electron chi connectivity index (χ2n) is 7.15. The Morgan fingerprint density at radius 3 is 2.57 bits per heavy atom. The molecule has 1 aromatic carbocycles. The fourth-order valence-electron chi connectivity index (χ4n) is 3.86. The first kappa shape index (κ1) is 18.3. The standard InChI is InChI=1S/C22H26N4O2/c1-4-17-21(26-15-16(2)9-10-20(26)23-17)22(27)25-13-11-24(12-14-25)18-7-5-6-8-19(18)28-3/h5-10,15H,4,11-14H2,1-3H3. The van der Waals surface area contributed by atoms with Gasteiger partial charge in [0.05, 0.1) is 18.5 Å². The van der Waals surface area contributed by atoms with E-state index < -0.39 is 0 Å². The Kier molecular flexibility index (Phi) is 4.94. The number of carbonyl (C=O) groups is 1. The highest BCUT2D eigenvalue weighted by Gasteiger charge is 2.27. The lowest BCUT2D eigenvalue weighted by Gasteiger charge is -2.36. The molecule has 0 N–H and O–H groups in total. The van der Waals surface area contributed by atoms with Crippen LogP contribution in [0.2, 0.25) is 0 Å². The van der Waals surface area contributed by atoms with E-state index in [9.17, 15) is 4.79 Å². The molecule has 1 aliphatic heterocycles. The zero-order chi connectivity index (χ0) is 19.7. The van der Waals surface area contributed by atoms with E-state index >= 15 is 0 Å². The van der Waals surface area contributed by atoms with Crippen molar-refractivity contribution in [3.8, 4) is 5.75 Å². The second-order valence-corrected chi connectivity index (χ2v) is 7.15. The molecule has 3 aromatic rings. The lowest BCUT2D eigenvalue weighted by atomic mass is 10.2. The van der Waals surface area contributed by atoms with Crippen molar-refractivity contribution in [1.82, 2.24) is 14.3 Å². The number of pyridine rings is 1. The molecule has 1 saturated heterocycles. The summed E-state index contributed by atoms with van der Waals surface area (Å²) >= 11 is 0. The summed E-state index contributed by atoms with van der Waals surface area (Å²) in [5, 5.41) is 0. The SMILES string of the molecule is CCc1nc2ccc(C)cn2c1C(=O)N1CCN(c2ccccc2OC)CC1. The van der Waals surface area contributed by atoms with Gasteiger partial charge in [-0.05, 0) is 37.1 Å². The number of hydrogen-bond donors (Lipinski definition) is 0. The maximum absolute atomic E-state index is 13.4. The number of imidazole rings is 1. The van der Waals surface area contributed by atoms with Crippen LogP contribution in [0, 0.1) is 6.92 Å². The summed E-state index contributed by atoms with van der Waals surface area (Å²) in [4.78, 5) is 22.2. The van der Waals surface area contributed by atoms with Gasteiger partial charge in [0.15, 0.2) is 0 Å². The van der Waals surface area contributed by atoms with E-state index in [-0.39, 0.29) is 5.91 Å². The van der Waals surface area contributed by atoms with Crippen molar-refractivity contribution in [3.63, 3.8) is 0 Å². The summed E-state index contributed by atoms with van der Waals surface area (Å²) in [5.41, 5.74) is 4.59. The lowest BCUT2D eigenvalue weighted by molar-refractivity contribution is 0.0738. The Labute approximate surface area is 165 Å². The van der Waals surface area contributed by atoms with Gasteiger partial charge >= 0.3 is 0 Å². The van der Waals surface area contributed by atoms with Gasteiger partial charge in [0.2, 0.25) is 0 Å². The molecule has 0 spiro atoms. The number of rotatable bonds is 4. The average Bonchev–Trinajstić information content (AvgIpc) is 3.11. The molecule has 3 heterocycles. The number of ether oxygens (including phenoxy) is 1. The fourth-order valence-corrected chi connectivity index (χ4v) is 3.86. The van der Waals surface area contributed by atoms with Crippen LogP contribution in [-0.2, 0) is 6.42 Å². The third-order valence-electron chi connectivity index (χ3n) is 5.37. The summed E-state index contributed by atoms with van der Waals surface area (Å²) in [6, 6.07) is 12.0. The van der Waals surface area contributed by atoms with Crippen molar-refractivity contribution < 1.29 is 9.53 Å². The number of fused-ring (bicyclic) bond motifs is 1. The van der Waals surface area contributed by atoms with Gasteiger partial charge in [0, 0.05) is 32.4 Å². The highest BCUT2D eigenvalue weighted by Crippen LogP contribution is 2.28. The van der Waals surface area contributed by atoms with E-state index in [0.29, 0.717) is 18.8 Å². The fraction of sp³-hybridized carbons (Fsp3) is 0.364. The molecule has 28 heavy (non-hydrogen) atoms. The van der Waals surface area contributed by atoms with Crippen molar-refractivity contribution in [3.05, 3.63) is 59.5 Å². The van der Waals surface area contributed by atoms with Crippen LogP contribution in [0.5, 0.6) is 5.75 Å². The summed E-state index contributed by atoms with van der Waals surface area (Å²) in [5.74, 6) is 0.933. The van der Waals surface area contributed by atoms with Crippen LogP contribution < -0.4 is 9.64 Å². The minimum atomic E-state index is 0.0645. The number of aromatic nitrogens is 2. The topological polar surface area (TPSA) is 50.1 Å². The molecular formula is C22H26N4O2. The lowest BCUT2D eigenvalue weighted by Crippen LogP contribution is -2.49. The molecule has 0 aliphatic carbocycles. The number of aryl methyl sites for hydroxylation is 2. The smallest absolute Gasteiger partial charge is 0.272 e. The molecule has 6 heteroatoms. The van der Waals surface area contributed by atoms with Crippen LogP contribution in [0.15, 0.2) is 42.6 Å². The van der Waals surface area contributed by atoms with Crippen molar-refractivity contribution in [2.45, 2.75) is 20.3 Å². The van der Waals surface area contributed by atoms with Gasteiger partial charge < -0.3 is 14.5 Å².